The van der Waals surface area contributed by atoms with Crippen molar-refractivity contribution in [2.45, 2.75) is 39.4 Å². The van der Waals surface area contributed by atoms with Gasteiger partial charge in [0, 0.05) is 37.4 Å². The number of nitrogens with two attached hydrogens (primary N) is 1. The largest absolute Gasteiger partial charge is 0.399 e. The van der Waals surface area contributed by atoms with Crippen molar-refractivity contribution in [3.05, 3.63) is 29.3 Å². The molecule has 100 valence electrons. The fraction of sp³-hybridized carbons (Fsp3) is 0.600. The molecule has 1 fully saturated rings. The SMILES string of the molecule is Cc1c(N)cccc1CN1CC(C)N(C)C(C)C1. The Bertz CT molecular complexity index is 404. The summed E-state index contributed by atoms with van der Waals surface area (Å²) in [6, 6.07) is 7.47. The molecule has 0 bridgehead atoms. The lowest BCUT2D eigenvalue weighted by molar-refractivity contribution is 0.0555. The van der Waals surface area contributed by atoms with Crippen molar-refractivity contribution in [2.24, 2.45) is 0 Å². The van der Waals surface area contributed by atoms with Crippen molar-refractivity contribution in [2.75, 3.05) is 25.9 Å². The molecule has 1 saturated heterocycles. The van der Waals surface area contributed by atoms with Gasteiger partial charge >= 0.3 is 0 Å². The van der Waals surface area contributed by atoms with E-state index < -0.39 is 0 Å². The summed E-state index contributed by atoms with van der Waals surface area (Å²) in [4.78, 5) is 5.00. The van der Waals surface area contributed by atoms with E-state index in [4.69, 9.17) is 5.73 Å². The molecular formula is C15H25N3. The molecule has 18 heavy (non-hydrogen) atoms. The van der Waals surface area contributed by atoms with Crippen LogP contribution >= 0.6 is 0 Å². The molecule has 2 N–H and O–H groups in total. The van der Waals surface area contributed by atoms with Crippen LogP contribution in [0.1, 0.15) is 25.0 Å². The Balaban J connectivity index is 2.08. The number of hydrogen-bond acceptors (Lipinski definition) is 3. The molecule has 0 aliphatic carbocycles. The number of piperazine rings is 1. The van der Waals surface area contributed by atoms with E-state index in [0.29, 0.717) is 12.1 Å². The molecule has 1 aliphatic heterocycles. The van der Waals surface area contributed by atoms with Crippen LogP contribution in [0.5, 0.6) is 0 Å². The number of benzene rings is 1. The van der Waals surface area contributed by atoms with Gasteiger partial charge < -0.3 is 5.73 Å². The van der Waals surface area contributed by atoms with Crippen molar-refractivity contribution >= 4 is 5.69 Å². The Kier molecular flexibility index (Phi) is 3.93. The molecular weight excluding hydrogens is 222 g/mol. The van der Waals surface area contributed by atoms with Crippen LogP contribution in [0.25, 0.3) is 0 Å². The zero-order valence-corrected chi connectivity index (χ0v) is 12.0. The molecule has 1 aromatic rings. The predicted molar refractivity (Wildman–Crippen MR) is 77.6 cm³/mol. The topological polar surface area (TPSA) is 32.5 Å². The van der Waals surface area contributed by atoms with E-state index in [1.807, 2.05) is 6.07 Å². The van der Waals surface area contributed by atoms with Crippen LogP contribution in [0.15, 0.2) is 18.2 Å². The van der Waals surface area contributed by atoms with Gasteiger partial charge in [0.2, 0.25) is 0 Å². The molecule has 0 spiro atoms. The van der Waals surface area contributed by atoms with Crippen LogP contribution in [0, 0.1) is 6.92 Å². The molecule has 1 heterocycles. The van der Waals surface area contributed by atoms with Crippen molar-refractivity contribution in [3.63, 3.8) is 0 Å². The first kappa shape index (κ1) is 13.4. The first-order valence-electron chi connectivity index (χ1n) is 6.77. The molecule has 3 nitrogen and oxygen atoms in total. The van der Waals surface area contributed by atoms with Crippen molar-refractivity contribution in [1.29, 1.82) is 0 Å². The minimum Gasteiger partial charge on any atom is -0.399 e. The van der Waals surface area contributed by atoms with Gasteiger partial charge in [-0.3, -0.25) is 9.80 Å². The number of nitrogen functional groups attached to an aromatic ring is 1. The number of hydrogen-bond donors (Lipinski definition) is 1. The van der Waals surface area contributed by atoms with Gasteiger partial charge in [-0.25, -0.2) is 0 Å². The zero-order valence-electron chi connectivity index (χ0n) is 12.0. The summed E-state index contributed by atoms with van der Waals surface area (Å²) in [6.45, 7) is 10.0. The van der Waals surface area contributed by atoms with E-state index >= 15 is 0 Å². The molecule has 0 amide bonds. The van der Waals surface area contributed by atoms with Crippen molar-refractivity contribution < 1.29 is 0 Å². The van der Waals surface area contributed by atoms with Crippen LogP contribution < -0.4 is 5.73 Å². The van der Waals surface area contributed by atoms with Crippen LogP contribution in [0.2, 0.25) is 0 Å². The molecule has 0 radical (unpaired) electrons. The second kappa shape index (κ2) is 5.29. The summed E-state index contributed by atoms with van der Waals surface area (Å²) in [6.07, 6.45) is 0. The average Bonchev–Trinajstić information content (AvgIpc) is 2.32. The van der Waals surface area contributed by atoms with Gasteiger partial charge in [-0.2, -0.15) is 0 Å². The Morgan fingerprint density at radius 2 is 1.83 bits per heavy atom. The smallest absolute Gasteiger partial charge is 0.0346 e. The summed E-state index contributed by atoms with van der Waals surface area (Å²) in [5.74, 6) is 0. The second-order valence-electron chi connectivity index (χ2n) is 5.69. The Labute approximate surface area is 111 Å². The highest BCUT2D eigenvalue weighted by Gasteiger charge is 2.26. The molecule has 0 saturated carbocycles. The third-order valence-corrected chi connectivity index (χ3v) is 4.32. The van der Waals surface area contributed by atoms with Gasteiger partial charge in [-0.05, 0) is 45.0 Å². The first-order chi connectivity index (χ1) is 8.49. The van der Waals surface area contributed by atoms with Crippen LogP contribution in [-0.4, -0.2) is 42.0 Å². The fourth-order valence-electron chi connectivity index (χ4n) is 2.76. The monoisotopic (exact) mass is 247 g/mol. The molecule has 2 rings (SSSR count). The summed E-state index contributed by atoms with van der Waals surface area (Å²) in [5, 5.41) is 0. The number of anilines is 1. The third-order valence-electron chi connectivity index (χ3n) is 4.32. The van der Waals surface area contributed by atoms with E-state index in [1.165, 1.54) is 11.1 Å². The van der Waals surface area contributed by atoms with E-state index in [9.17, 15) is 0 Å². The lowest BCUT2D eigenvalue weighted by atomic mass is 10.0. The van der Waals surface area contributed by atoms with Crippen molar-refractivity contribution in [1.82, 2.24) is 9.80 Å². The van der Waals surface area contributed by atoms with Gasteiger partial charge in [-0.15, -0.1) is 0 Å². The van der Waals surface area contributed by atoms with E-state index in [2.05, 4.69) is 49.8 Å². The quantitative estimate of drug-likeness (QED) is 0.812. The fourth-order valence-corrected chi connectivity index (χ4v) is 2.76. The lowest BCUT2D eigenvalue weighted by Gasteiger charge is -2.42. The van der Waals surface area contributed by atoms with Gasteiger partial charge in [0.05, 0.1) is 0 Å². The number of likely N-dealkylation sites (N-methyl/N-ethyl adjacent to an activating group) is 1. The third kappa shape index (κ3) is 2.68. The maximum absolute atomic E-state index is 5.98. The van der Waals surface area contributed by atoms with Gasteiger partial charge in [0.1, 0.15) is 0 Å². The van der Waals surface area contributed by atoms with E-state index in [-0.39, 0.29) is 0 Å². The number of nitrogens with zero attached hydrogens (tertiary/aromatic N) is 2. The molecule has 1 aromatic carbocycles. The molecule has 0 aromatic heterocycles. The minimum absolute atomic E-state index is 0.620. The molecule has 2 atom stereocenters. The summed E-state index contributed by atoms with van der Waals surface area (Å²) >= 11 is 0. The van der Waals surface area contributed by atoms with Gasteiger partial charge in [0.25, 0.3) is 0 Å². The van der Waals surface area contributed by atoms with Gasteiger partial charge in [0.15, 0.2) is 0 Å². The Morgan fingerprint density at radius 3 is 2.44 bits per heavy atom. The minimum atomic E-state index is 0.620. The average molecular weight is 247 g/mol. The predicted octanol–water partition coefficient (Wildman–Crippen LogP) is 2.10. The van der Waals surface area contributed by atoms with E-state index in [0.717, 1.165) is 25.3 Å². The molecule has 2 unspecified atom stereocenters. The van der Waals surface area contributed by atoms with Gasteiger partial charge in [-0.1, -0.05) is 12.1 Å². The van der Waals surface area contributed by atoms with Crippen molar-refractivity contribution in [3.8, 4) is 0 Å². The maximum atomic E-state index is 5.98. The highest BCUT2D eigenvalue weighted by molar-refractivity contribution is 5.49. The Morgan fingerprint density at radius 1 is 1.22 bits per heavy atom. The Hall–Kier alpha value is -1.06. The number of rotatable bonds is 2. The standard InChI is InChI=1S/C15H25N3/c1-11-8-18(9-12(2)17(11)4)10-14-6-5-7-15(16)13(14)3/h5-7,11-12H,8-10,16H2,1-4H3. The highest BCUT2D eigenvalue weighted by atomic mass is 15.3. The van der Waals surface area contributed by atoms with Crippen LogP contribution in [0.3, 0.4) is 0 Å². The molecule has 3 heteroatoms. The second-order valence-corrected chi connectivity index (χ2v) is 5.69. The van der Waals surface area contributed by atoms with E-state index in [1.54, 1.807) is 0 Å². The zero-order chi connectivity index (χ0) is 13.3. The normalized spacial score (nSPS) is 26.4. The summed E-state index contributed by atoms with van der Waals surface area (Å²) < 4.78 is 0. The first-order valence-corrected chi connectivity index (χ1v) is 6.77. The van der Waals surface area contributed by atoms with Crippen LogP contribution in [0.4, 0.5) is 5.69 Å². The summed E-state index contributed by atoms with van der Waals surface area (Å²) in [7, 11) is 2.22. The molecule has 1 aliphatic rings. The lowest BCUT2D eigenvalue weighted by Crippen LogP contribution is -2.54. The summed E-state index contributed by atoms with van der Waals surface area (Å²) in [5.41, 5.74) is 9.47. The van der Waals surface area contributed by atoms with Crippen LogP contribution in [-0.2, 0) is 6.54 Å². The highest BCUT2D eigenvalue weighted by Crippen LogP contribution is 2.20. The maximum Gasteiger partial charge on any atom is 0.0346 e.